The van der Waals surface area contributed by atoms with Crippen LogP contribution >= 0.6 is 0 Å². The molecule has 1 N–H and O–H groups in total. The number of likely N-dealkylation sites (tertiary alicyclic amines) is 1. The zero-order chi connectivity index (χ0) is 19.9. The summed E-state index contributed by atoms with van der Waals surface area (Å²) in [5, 5.41) is 13.8. The van der Waals surface area contributed by atoms with Gasteiger partial charge in [-0.2, -0.15) is 9.78 Å². The number of carboxylic acids is 1. The summed E-state index contributed by atoms with van der Waals surface area (Å²) in [6.45, 7) is 0.890. The molecule has 9 heteroatoms. The van der Waals surface area contributed by atoms with E-state index in [1.54, 1.807) is 6.07 Å². The van der Waals surface area contributed by atoms with E-state index in [0.717, 1.165) is 10.7 Å². The molecular weight excluding hydrogens is 369 g/mol. The minimum Gasteiger partial charge on any atom is -0.481 e. The molecule has 2 fully saturated rings. The number of halogens is 1. The molecule has 0 saturated carbocycles. The predicted octanol–water partition coefficient (Wildman–Crippen LogP) is 0.935. The Balaban J connectivity index is 1.66. The molecular formula is C19H18FN3O5. The molecule has 1 aromatic heterocycles. The van der Waals surface area contributed by atoms with Crippen LogP contribution in [0.1, 0.15) is 16.9 Å². The summed E-state index contributed by atoms with van der Waals surface area (Å²) in [4.78, 5) is 38.4. The van der Waals surface area contributed by atoms with Crippen LogP contribution in [0.2, 0.25) is 0 Å². The first-order valence-corrected chi connectivity index (χ1v) is 8.88. The van der Waals surface area contributed by atoms with Crippen LogP contribution in [-0.2, 0) is 9.53 Å². The van der Waals surface area contributed by atoms with Crippen LogP contribution in [0.3, 0.4) is 0 Å². The lowest BCUT2D eigenvalue weighted by molar-refractivity contribution is -0.157. The van der Waals surface area contributed by atoms with Crippen molar-refractivity contribution in [3.8, 4) is 5.69 Å². The summed E-state index contributed by atoms with van der Waals surface area (Å²) >= 11 is 0. The van der Waals surface area contributed by atoms with Crippen molar-refractivity contribution in [1.29, 1.82) is 0 Å². The average Bonchev–Trinajstić information content (AvgIpc) is 3.10. The van der Waals surface area contributed by atoms with E-state index in [-0.39, 0.29) is 37.0 Å². The van der Waals surface area contributed by atoms with Gasteiger partial charge in [0.25, 0.3) is 11.5 Å². The number of rotatable bonds is 3. The van der Waals surface area contributed by atoms with Gasteiger partial charge in [-0.25, -0.2) is 4.39 Å². The fourth-order valence-corrected chi connectivity index (χ4v) is 3.94. The SMILES string of the molecule is O=C(c1ccc(=O)n(-c2ccccc2F)n1)N1C[C@H]2COCC[C@@]2(C(=O)O)C1. The van der Waals surface area contributed by atoms with Gasteiger partial charge in [-0.1, -0.05) is 12.1 Å². The van der Waals surface area contributed by atoms with Gasteiger partial charge in [0, 0.05) is 31.7 Å². The number of hydrogen-bond acceptors (Lipinski definition) is 5. The van der Waals surface area contributed by atoms with Crippen molar-refractivity contribution in [3.63, 3.8) is 0 Å². The van der Waals surface area contributed by atoms with Gasteiger partial charge in [0.05, 0.1) is 12.0 Å². The van der Waals surface area contributed by atoms with Gasteiger partial charge in [-0.15, -0.1) is 0 Å². The van der Waals surface area contributed by atoms with Crippen molar-refractivity contribution in [3.05, 3.63) is 58.3 Å². The Bertz CT molecular complexity index is 1010. The number of aliphatic carboxylic acids is 1. The Morgan fingerprint density at radius 3 is 2.75 bits per heavy atom. The molecule has 0 aliphatic carbocycles. The summed E-state index contributed by atoms with van der Waals surface area (Å²) in [5.74, 6) is -2.39. The van der Waals surface area contributed by atoms with Crippen molar-refractivity contribution >= 4 is 11.9 Å². The molecule has 0 radical (unpaired) electrons. The molecule has 1 aromatic carbocycles. The fourth-order valence-electron chi connectivity index (χ4n) is 3.94. The standard InChI is InChI=1S/C19H18FN3O5/c20-13-3-1-2-4-15(13)23-16(24)6-5-14(21-23)17(25)22-9-12-10-28-8-7-19(12,11-22)18(26)27/h1-6,12H,7-11H2,(H,26,27)/t12-,19+/m0/s1. The lowest BCUT2D eigenvalue weighted by atomic mass is 9.74. The normalized spacial score (nSPS) is 24.0. The quantitative estimate of drug-likeness (QED) is 0.841. The zero-order valence-corrected chi connectivity index (χ0v) is 14.9. The highest BCUT2D eigenvalue weighted by atomic mass is 19.1. The predicted molar refractivity (Wildman–Crippen MR) is 94.7 cm³/mol. The number of carbonyl (C=O) groups is 2. The highest BCUT2D eigenvalue weighted by molar-refractivity contribution is 5.93. The molecule has 146 valence electrons. The van der Waals surface area contributed by atoms with Crippen LogP contribution in [0.4, 0.5) is 4.39 Å². The fraction of sp³-hybridized carbons (Fsp3) is 0.368. The van der Waals surface area contributed by atoms with Crippen LogP contribution in [0.5, 0.6) is 0 Å². The molecule has 28 heavy (non-hydrogen) atoms. The van der Waals surface area contributed by atoms with E-state index >= 15 is 0 Å². The Hall–Kier alpha value is -3.07. The number of fused-ring (bicyclic) bond motifs is 1. The summed E-state index contributed by atoms with van der Waals surface area (Å²) in [5.41, 5.74) is -1.73. The Morgan fingerprint density at radius 2 is 2.04 bits per heavy atom. The maximum absolute atomic E-state index is 14.1. The van der Waals surface area contributed by atoms with E-state index < -0.39 is 28.7 Å². The molecule has 0 bridgehead atoms. The molecule has 2 aromatic rings. The first kappa shape index (κ1) is 18.3. The Morgan fingerprint density at radius 1 is 1.25 bits per heavy atom. The van der Waals surface area contributed by atoms with Gasteiger partial charge in [0.2, 0.25) is 0 Å². The zero-order valence-electron chi connectivity index (χ0n) is 14.9. The summed E-state index contributed by atoms with van der Waals surface area (Å²) < 4.78 is 20.3. The smallest absolute Gasteiger partial charge is 0.311 e. The number of ether oxygens (including phenoxy) is 1. The second kappa shape index (κ2) is 6.83. The van der Waals surface area contributed by atoms with Crippen molar-refractivity contribution in [2.75, 3.05) is 26.3 Å². The van der Waals surface area contributed by atoms with Crippen molar-refractivity contribution in [1.82, 2.24) is 14.7 Å². The van der Waals surface area contributed by atoms with Crippen molar-refractivity contribution in [2.24, 2.45) is 11.3 Å². The first-order chi connectivity index (χ1) is 13.4. The molecule has 8 nitrogen and oxygen atoms in total. The monoisotopic (exact) mass is 387 g/mol. The van der Waals surface area contributed by atoms with E-state index in [1.807, 2.05) is 0 Å². The molecule has 0 spiro atoms. The van der Waals surface area contributed by atoms with Crippen LogP contribution < -0.4 is 5.56 Å². The van der Waals surface area contributed by atoms with E-state index in [4.69, 9.17) is 4.74 Å². The molecule has 0 unspecified atom stereocenters. The van der Waals surface area contributed by atoms with E-state index in [0.29, 0.717) is 13.0 Å². The maximum Gasteiger partial charge on any atom is 0.311 e. The molecule has 2 saturated heterocycles. The number of amides is 1. The Kier molecular flexibility index (Phi) is 4.46. The molecule has 2 aliphatic heterocycles. The molecule has 2 aliphatic rings. The lowest BCUT2D eigenvalue weighted by Crippen LogP contribution is -2.45. The second-order valence-electron chi connectivity index (χ2n) is 7.09. The van der Waals surface area contributed by atoms with Crippen LogP contribution in [0.15, 0.2) is 41.2 Å². The molecule has 1 amide bonds. The van der Waals surface area contributed by atoms with Gasteiger partial charge in [-0.3, -0.25) is 14.4 Å². The summed E-state index contributed by atoms with van der Waals surface area (Å²) in [7, 11) is 0. The number of carboxylic acid groups (broad SMARTS) is 1. The van der Waals surface area contributed by atoms with Gasteiger partial charge < -0.3 is 14.7 Å². The second-order valence-corrected chi connectivity index (χ2v) is 7.09. The van der Waals surface area contributed by atoms with Gasteiger partial charge in [-0.05, 0) is 24.6 Å². The summed E-state index contributed by atoms with van der Waals surface area (Å²) in [6.07, 6.45) is 0.332. The summed E-state index contributed by atoms with van der Waals surface area (Å²) in [6, 6.07) is 8.04. The number of para-hydroxylation sites is 1. The van der Waals surface area contributed by atoms with Crippen LogP contribution in [-0.4, -0.2) is 58.0 Å². The number of carbonyl (C=O) groups excluding carboxylic acids is 1. The molecule has 2 atom stereocenters. The van der Waals surface area contributed by atoms with Crippen LogP contribution in [0, 0.1) is 17.2 Å². The van der Waals surface area contributed by atoms with E-state index in [1.165, 1.54) is 29.2 Å². The van der Waals surface area contributed by atoms with E-state index in [2.05, 4.69) is 5.10 Å². The minimum absolute atomic E-state index is 0.0513. The molecule has 4 rings (SSSR count). The van der Waals surface area contributed by atoms with Crippen molar-refractivity contribution in [2.45, 2.75) is 6.42 Å². The van der Waals surface area contributed by atoms with Gasteiger partial charge in [0.1, 0.15) is 17.2 Å². The average molecular weight is 387 g/mol. The lowest BCUT2D eigenvalue weighted by Gasteiger charge is -2.33. The molecule has 3 heterocycles. The number of benzene rings is 1. The highest BCUT2D eigenvalue weighted by Gasteiger charge is 2.55. The minimum atomic E-state index is -1.03. The topological polar surface area (TPSA) is 102 Å². The van der Waals surface area contributed by atoms with Crippen LogP contribution in [0.25, 0.3) is 5.69 Å². The van der Waals surface area contributed by atoms with Gasteiger partial charge in [0.15, 0.2) is 0 Å². The third-order valence-electron chi connectivity index (χ3n) is 5.52. The van der Waals surface area contributed by atoms with E-state index in [9.17, 15) is 23.9 Å². The van der Waals surface area contributed by atoms with Gasteiger partial charge >= 0.3 is 5.97 Å². The largest absolute Gasteiger partial charge is 0.481 e. The third kappa shape index (κ3) is 2.88. The maximum atomic E-state index is 14.1. The van der Waals surface area contributed by atoms with Crippen molar-refractivity contribution < 1.29 is 23.8 Å². The number of hydrogen-bond donors (Lipinski definition) is 1. The number of aromatic nitrogens is 2. The number of nitrogens with zero attached hydrogens (tertiary/aromatic N) is 3. The third-order valence-corrected chi connectivity index (χ3v) is 5.52. The Labute approximate surface area is 159 Å². The first-order valence-electron chi connectivity index (χ1n) is 8.88. The highest BCUT2D eigenvalue weighted by Crippen LogP contribution is 2.42.